The highest BCUT2D eigenvalue weighted by Gasteiger charge is 2.33. The quantitative estimate of drug-likeness (QED) is 0.880. The molecule has 1 heterocycles. The Morgan fingerprint density at radius 1 is 1.16 bits per heavy atom. The first-order valence-electron chi connectivity index (χ1n) is 5.42. The molecule has 0 spiro atoms. The second-order valence-electron chi connectivity index (χ2n) is 3.94. The second-order valence-corrected chi connectivity index (χ2v) is 3.94. The maximum atomic E-state index is 12.9. The van der Waals surface area contributed by atoms with E-state index in [4.69, 9.17) is 5.11 Å². The number of aliphatic hydroxyl groups is 1. The average Bonchev–Trinajstić information content (AvgIpc) is 2.37. The summed E-state index contributed by atoms with van der Waals surface area (Å²) in [4.78, 5) is 13.4. The molecule has 0 aliphatic heterocycles. The van der Waals surface area contributed by atoms with Gasteiger partial charge in [0.2, 0.25) is 5.56 Å². The van der Waals surface area contributed by atoms with Gasteiger partial charge in [-0.2, -0.15) is 13.2 Å². The fourth-order valence-corrected chi connectivity index (χ4v) is 1.86. The van der Waals surface area contributed by atoms with Crippen LogP contribution in [0.1, 0.15) is 11.1 Å². The lowest BCUT2D eigenvalue weighted by Crippen LogP contribution is -2.10. The SMILES string of the molecule is O=c1cc(CO)c(-c2ccccc2C(F)(F)F)c[nH]1. The van der Waals surface area contributed by atoms with Crippen LogP contribution in [0.4, 0.5) is 13.2 Å². The zero-order valence-electron chi connectivity index (χ0n) is 9.66. The molecule has 19 heavy (non-hydrogen) atoms. The van der Waals surface area contributed by atoms with Crippen LogP contribution in [-0.2, 0) is 12.8 Å². The fraction of sp³-hybridized carbons (Fsp3) is 0.154. The third kappa shape index (κ3) is 2.68. The summed E-state index contributed by atoms with van der Waals surface area (Å²) in [7, 11) is 0. The van der Waals surface area contributed by atoms with Crippen molar-refractivity contribution in [1.29, 1.82) is 0 Å². The standard InChI is InChI=1S/C13H10F3NO2/c14-13(15,16)11-4-2-1-3-9(11)10-6-17-12(19)5-8(10)7-18/h1-6,18H,7H2,(H,17,19). The minimum Gasteiger partial charge on any atom is -0.392 e. The zero-order valence-corrected chi connectivity index (χ0v) is 9.66. The van der Waals surface area contributed by atoms with Crippen LogP contribution >= 0.6 is 0 Å². The molecule has 1 aromatic carbocycles. The minimum atomic E-state index is -4.50. The first-order valence-corrected chi connectivity index (χ1v) is 5.42. The van der Waals surface area contributed by atoms with Gasteiger partial charge in [-0.15, -0.1) is 0 Å². The molecule has 0 aliphatic carbocycles. The molecule has 0 radical (unpaired) electrons. The molecule has 0 atom stereocenters. The van der Waals surface area contributed by atoms with E-state index >= 15 is 0 Å². The van der Waals surface area contributed by atoms with Crippen LogP contribution in [0.5, 0.6) is 0 Å². The van der Waals surface area contributed by atoms with Gasteiger partial charge in [0, 0.05) is 17.8 Å². The third-order valence-corrected chi connectivity index (χ3v) is 2.70. The van der Waals surface area contributed by atoms with Gasteiger partial charge >= 0.3 is 6.18 Å². The van der Waals surface area contributed by atoms with Crippen molar-refractivity contribution in [2.45, 2.75) is 12.8 Å². The Morgan fingerprint density at radius 2 is 1.84 bits per heavy atom. The molecule has 0 unspecified atom stereocenters. The summed E-state index contributed by atoms with van der Waals surface area (Å²) in [5.41, 5.74) is -1.04. The van der Waals surface area contributed by atoms with Crippen molar-refractivity contribution in [2.75, 3.05) is 0 Å². The Bertz CT molecular complexity index is 647. The molecule has 0 amide bonds. The molecule has 0 aliphatic rings. The molecular weight excluding hydrogens is 259 g/mol. The van der Waals surface area contributed by atoms with Gasteiger partial charge in [0.15, 0.2) is 0 Å². The third-order valence-electron chi connectivity index (χ3n) is 2.70. The number of halogens is 3. The first kappa shape index (κ1) is 13.4. The average molecular weight is 269 g/mol. The number of pyridine rings is 1. The van der Waals surface area contributed by atoms with E-state index in [-0.39, 0.29) is 16.7 Å². The number of hydrogen-bond donors (Lipinski definition) is 2. The Kier molecular flexibility index (Phi) is 3.44. The van der Waals surface area contributed by atoms with Crippen LogP contribution in [0.25, 0.3) is 11.1 Å². The van der Waals surface area contributed by atoms with Gasteiger partial charge in [-0.3, -0.25) is 4.79 Å². The van der Waals surface area contributed by atoms with E-state index in [0.717, 1.165) is 12.1 Å². The van der Waals surface area contributed by atoms with Crippen molar-refractivity contribution < 1.29 is 18.3 Å². The highest BCUT2D eigenvalue weighted by molar-refractivity contribution is 5.70. The van der Waals surface area contributed by atoms with Gasteiger partial charge in [-0.1, -0.05) is 18.2 Å². The van der Waals surface area contributed by atoms with Gasteiger partial charge in [0.05, 0.1) is 12.2 Å². The summed E-state index contributed by atoms with van der Waals surface area (Å²) >= 11 is 0. The van der Waals surface area contributed by atoms with Gasteiger partial charge in [-0.25, -0.2) is 0 Å². The van der Waals surface area contributed by atoms with Crippen molar-refractivity contribution in [3.8, 4) is 11.1 Å². The molecule has 0 fully saturated rings. The number of aromatic amines is 1. The molecule has 2 N–H and O–H groups in total. The van der Waals surface area contributed by atoms with E-state index in [1.165, 1.54) is 24.4 Å². The molecule has 1 aromatic heterocycles. The van der Waals surface area contributed by atoms with Gasteiger partial charge < -0.3 is 10.1 Å². The first-order chi connectivity index (χ1) is 8.93. The molecule has 0 bridgehead atoms. The molecule has 100 valence electrons. The van der Waals surface area contributed by atoms with Crippen LogP contribution < -0.4 is 5.56 Å². The number of nitrogens with one attached hydrogen (secondary N) is 1. The van der Waals surface area contributed by atoms with Crippen LogP contribution in [-0.4, -0.2) is 10.1 Å². The highest BCUT2D eigenvalue weighted by Crippen LogP contribution is 2.37. The largest absolute Gasteiger partial charge is 0.417 e. The summed E-state index contributed by atoms with van der Waals surface area (Å²) in [6, 6.07) is 6.10. The molecular formula is C13H10F3NO2. The highest BCUT2D eigenvalue weighted by atomic mass is 19.4. The van der Waals surface area contributed by atoms with E-state index in [2.05, 4.69) is 4.98 Å². The second kappa shape index (κ2) is 4.89. The van der Waals surface area contributed by atoms with Crippen LogP contribution in [0.15, 0.2) is 41.3 Å². The van der Waals surface area contributed by atoms with Crippen molar-refractivity contribution in [3.05, 3.63) is 58.0 Å². The predicted octanol–water partition coefficient (Wildman–Crippen LogP) is 2.55. The summed E-state index contributed by atoms with van der Waals surface area (Å²) < 4.78 is 38.7. The van der Waals surface area contributed by atoms with E-state index in [1.54, 1.807) is 0 Å². The number of benzene rings is 1. The maximum Gasteiger partial charge on any atom is 0.417 e. The minimum absolute atomic E-state index is 0.0738. The molecule has 0 saturated carbocycles. The van der Waals surface area contributed by atoms with Crippen molar-refractivity contribution in [1.82, 2.24) is 4.98 Å². The lowest BCUT2D eigenvalue weighted by Gasteiger charge is -2.14. The normalized spacial score (nSPS) is 11.6. The summed E-state index contributed by atoms with van der Waals surface area (Å²) in [5, 5.41) is 9.16. The van der Waals surface area contributed by atoms with Gasteiger partial charge in [0.25, 0.3) is 0 Å². The Balaban J connectivity index is 2.69. The van der Waals surface area contributed by atoms with Crippen LogP contribution in [0, 0.1) is 0 Å². The molecule has 0 saturated heterocycles. The Labute approximate surface area is 106 Å². The number of alkyl halides is 3. The number of hydrogen-bond acceptors (Lipinski definition) is 2. The van der Waals surface area contributed by atoms with Crippen molar-refractivity contribution in [3.63, 3.8) is 0 Å². The van der Waals surface area contributed by atoms with Gasteiger partial charge in [-0.05, 0) is 17.2 Å². The van der Waals surface area contributed by atoms with E-state index in [1.807, 2.05) is 0 Å². The Morgan fingerprint density at radius 3 is 2.47 bits per heavy atom. The van der Waals surface area contributed by atoms with Crippen LogP contribution in [0.2, 0.25) is 0 Å². The Hall–Kier alpha value is -2.08. The van der Waals surface area contributed by atoms with Crippen molar-refractivity contribution >= 4 is 0 Å². The summed E-state index contributed by atoms with van der Waals surface area (Å²) in [5.74, 6) is 0. The monoisotopic (exact) mass is 269 g/mol. The molecule has 2 rings (SSSR count). The zero-order chi connectivity index (χ0) is 14.0. The molecule has 6 heteroatoms. The summed E-state index contributed by atoms with van der Waals surface area (Å²) in [6.45, 7) is -0.508. The van der Waals surface area contributed by atoms with Crippen molar-refractivity contribution in [2.24, 2.45) is 0 Å². The maximum absolute atomic E-state index is 12.9. The fourth-order valence-electron chi connectivity index (χ4n) is 1.86. The van der Waals surface area contributed by atoms with E-state index < -0.39 is 23.9 Å². The summed E-state index contributed by atoms with van der Waals surface area (Å²) in [6.07, 6.45) is -3.32. The van der Waals surface area contributed by atoms with Crippen LogP contribution in [0.3, 0.4) is 0 Å². The lowest BCUT2D eigenvalue weighted by molar-refractivity contribution is -0.137. The van der Waals surface area contributed by atoms with E-state index in [9.17, 15) is 18.0 Å². The predicted molar refractivity (Wildman–Crippen MR) is 63.4 cm³/mol. The smallest absolute Gasteiger partial charge is 0.392 e. The molecule has 2 aromatic rings. The number of H-pyrrole nitrogens is 1. The lowest BCUT2D eigenvalue weighted by atomic mass is 9.97. The number of aliphatic hydroxyl groups excluding tert-OH is 1. The number of rotatable bonds is 2. The van der Waals surface area contributed by atoms with E-state index in [0.29, 0.717) is 0 Å². The number of aromatic nitrogens is 1. The molecule has 3 nitrogen and oxygen atoms in total. The van der Waals surface area contributed by atoms with Gasteiger partial charge in [0.1, 0.15) is 0 Å². The topological polar surface area (TPSA) is 53.1 Å².